The van der Waals surface area contributed by atoms with Crippen molar-refractivity contribution in [3.63, 3.8) is 0 Å². The summed E-state index contributed by atoms with van der Waals surface area (Å²) in [5.41, 5.74) is 0.887. The van der Waals surface area contributed by atoms with E-state index in [1.165, 1.54) is 0 Å². The first-order chi connectivity index (χ1) is 9.94. The smallest absolute Gasteiger partial charge is 0.244 e. The van der Waals surface area contributed by atoms with Crippen LogP contribution in [0.25, 0.3) is 0 Å². The number of hydrogen-bond acceptors (Lipinski definition) is 7. The minimum Gasteiger partial charge on any atom is -0.384 e. The van der Waals surface area contributed by atoms with Crippen LogP contribution >= 0.6 is 0 Å². The third-order valence-electron chi connectivity index (χ3n) is 2.78. The summed E-state index contributed by atoms with van der Waals surface area (Å²) in [5, 5.41) is 10.2. The van der Waals surface area contributed by atoms with Crippen LogP contribution in [-0.4, -0.2) is 42.5 Å². The normalized spacial score (nSPS) is 12.0. The van der Waals surface area contributed by atoms with Crippen LogP contribution in [0.3, 0.4) is 0 Å². The highest BCUT2D eigenvalue weighted by Crippen LogP contribution is 2.16. The fraction of sp³-hybridized carbons (Fsp3) is 0.545. The molecule has 10 heteroatoms. The van der Waals surface area contributed by atoms with Crippen molar-refractivity contribution in [2.45, 2.75) is 31.7 Å². The number of ether oxygens (including phenoxy) is 1. The zero-order chi connectivity index (χ0) is 15.5. The average Bonchev–Trinajstić information content (AvgIpc) is 3.01. The first kappa shape index (κ1) is 15.6. The number of aromatic nitrogens is 4. The predicted octanol–water partition coefficient (Wildman–Crippen LogP) is 0.0769. The Balaban J connectivity index is 2.04. The number of nitrogens with zero attached hydrogens (tertiary/aromatic N) is 3. The molecule has 0 spiro atoms. The zero-order valence-corrected chi connectivity index (χ0v) is 12.8. The highest BCUT2D eigenvalue weighted by Gasteiger charge is 2.22. The maximum Gasteiger partial charge on any atom is 0.244 e. The monoisotopic (exact) mass is 315 g/mol. The maximum atomic E-state index is 12.2. The molecule has 0 bridgehead atoms. The van der Waals surface area contributed by atoms with E-state index < -0.39 is 10.0 Å². The fourth-order valence-electron chi connectivity index (χ4n) is 1.82. The lowest BCUT2D eigenvalue weighted by atomic mass is 10.4. The van der Waals surface area contributed by atoms with E-state index in [1.807, 2.05) is 0 Å². The molecule has 0 radical (unpaired) electrons. The molecule has 0 aliphatic heterocycles. The van der Waals surface area contributed by atoms with Gasteiger partial charge in [0.05, 0.1) is 24.5 Å². The molecule has 2 aromatic heterocycles. The van der Waals surface area contributed by atoms with Gasteiger partial charge < -0.3 is 9.26 Å². The first-order valence-electron chi connectivity index (χ1n) is 6.25. The third-order valence-corrected chi connectivity index (χ3v) is 4.45. The molecular formula is C11H17N5O4S. The molecule has 0 aromatic carbocycles. The van der Waals surface area contributed by atoms with Gasteiger partial charge in [-0.15, -0.1) is 0 Å². The lowest BCUT2D eigenvalue weighted by Crippen LogP contribution is -2.24. The van der Waals surface area contributed by atoms with Gasteiger partial charge in [-0.25, -0.2) is 13.1 Å². The predicted molar refractivity (Wildman–Crippen MR) is 72.0 cm³/mol. The van der Waals surface area contributed by atoms with Crippen LogP contribution in [-0.2, 0) is 27.7 Å². The molecule has 116 valence electrons. The molecule has 0 aliphatic carbocycles. The highest BCUT2D eigenvalue weighted by atomic mass is 32.2. The van der Waals surface area contributed by atoms with Gasteiger partial charge in [0.2, 0.25) is 15.9 Å². The topological polar surface area (TPSA) is 123 Å². The van der Waals surface area contributed by atoms with E-state index in [1.54, 1.807) is 21.0 Å². The van der Waals surface area contributed by atoms with E-state index >= 15 is 0 Å². The molecule has 2 N–H and O–H groups in total. The summed E-state index contributed by atoms with van der Waals surface area (Å²) >= 11 is 0. The summed E-state index contributed by atoms with van der Waals surface area (Å²) < 4.78 is 36.7. The van der Waals surface area contributed by atoms with Crippen LogP contribution in [0.4, 0.5) is 0 Å². The Hall–Kier alpha value is -1.78. The molecule has 9 nitrogen and oxygen atoms in total. The molecule has 21 heavy (non-hydrogen) atoms. The van der Waals surface area contributed by atoms with E-state index in [4.69, 9.17) is 9.26 Å². The van der Waals surface area contributed by atoms with Crippen molar-refractivity contribution >= 4 is 10.0 Å². The zero-order valence-electron chi connectivity index (χ0n) is 12.0. The minimum atomic E-state index is -3.68. The molecule has 0 saturated carbocycles. The first-order valence-corrected chi connectivity index (χ1v) is 7.74. The van der Waals surface area contributed by atoms with Gasteiger partial charge in [-0.1, -0.05) is 5.16 Å². The van der Waals surface area contributed by atoms with Crippen molar-refractivity contribution in [1.29, 1.82) is 0 Å². The molecule has 0 fully saturated rings. The Morgan fingerprint density at radius 1 is 1.38 bits per heavy atom. The standard InChI is InChI=1S/C11H17N5O4S/c1-7-11(8(2)15-14-7)21(17,18)12-6-10-13-9(16-20-10)4-5-19-3/h12H,4-6H2,1-3H3,(H,14,15). The molecule has 0 atom stereocenters. The van der Waals surface area contributed by atoms with Gasteiger partial charge in [-0.2, -0.15) is 10.1 Å². The van der Waals surface area contributed by atoms with E-state index in [9.17, 15) is 8.42 Å². The Morgan fingerprint density at radius 3 is 2.76 bits per heavy atom. The molecular weight excluding hydrogens is 298 g/mol. The minimum absolute atomic E-state index is 0.0770. The van der Waals surface area contributed by atoms with E-state index in [2.05, 4.69) is 25.1 Å². The number of H-pyrrole nitrogens is 1. The van der Waals surface area contributed by atoms with Gasteiger partial charge in [0.25, 0.3) is 0 Å². The summed E-state index contributed by atoms with van der Waals surface area (Å²) in [6, 6.07) is 0. The van der Waals surface area contributed by atoms with Crippen LogP contribution in [0.2, 0.25) is 0 Å². The molecule has 2 heterocycles. The Morgan fingerprint density at radius 2 is 2.14 bits per heavy atom. The van der Waals surface area contributed by atoms with Crippen molar-refractivity contribution < 1.29 is 17.7 Å². The van der Waals surface area contributed by atoms with Crippen molar-refractivity contribution in [2.24, 2.45) is 0 Å². The summed E-state index contributed by atoms with van der Waals surface area (Å²) in [5.74, 6) is 0.671. The Labute approximate surface area is 122 Å². The van der Waals surface area contributed by atoms with Gasteiger partial charge >= 0.3 is 0 Å². The van der Waals surface area contributed by atoms with Gasteiger partial charge in [-0.3, -0.25) is 5.10 Å². The van der Waals surface area contributed by atoms with Crippen LogP contribution in [0, 0.1) is 13.8 Å². The highest BCUT2D eigenvalue weighted by molar-refractivity contribution is 7.89. The third kappa shape index (κ3) is 3.65. The summed E-state index contributed by atoms with van der Waals surface area (Å²) in [4.78, 5) is 4.21. The number of rotatable bonds is 7. The Bertz CT molecular complexity index is 687. The van der Waals surface area contributed by atoms with Crippen molar-refractivity contribution in [2.75, 3.05) is 13.7 Å². The number of sulfonamides is 1. The lowest BCUT2D eigenvalue weighted by Gasteiger charge is -2.04. The molecule has 0 aliphatic rings. The van der Waals surface area contributed by atoms with Crippen molar-refractivity contribution in [1.82, 2.24) is 25.1 Å². The lowest BCUT2D eigenvalue weighted by molar-refractivity contribution is 0.199. The SMILES string of the molecule is COCCc1noc(CNS(=O)(=O)c2c(C)n[nH]c2C)n1. The van der Waals surface area contributed by atoms with E-state index in [0.717, 1.165) is 0 Å². The van der Waals surface area contributed by atoms with Gasteiger partial charge in [0, 0.05) is 13.5 Å². The summed E-state index contributed by atoms with van der Waals surface area (Å²) in [7, 11) is -2.11. The van der Waals surface area contributed by atoms with Crippen molar-refractivity contribution in [3.05, 3.63) is 23.1 Å². The molecule has 2 aromatic rings. The number of aromatic amines is 1. The van der Waals surface area contributed by atoms with E-state index in [0.29, 0.717) is 30.2 Å². The van der Waals surface area contributed by atoms with Crippen LogP contribution < -0.4 is 4.72 Å². The van der Waals surface area contributed by atoms with Gasteiger partial charge in [0.1, 0.15) is 4.90 Å². The second-order valence-corrected chi connectivity index (χ2v) is 6.14. The van der Waals surface area contributed by atoms with Gasteiger partial charge in [-0.05, 0) is 13.8 Å². The van der Waals surface area contributed by atoms with Crippen molar-refractivity contribution in [3.8, 4) is 0 Å². The second kappa shape index (κ2) is 6.33. The fourth-order valence-corrected chi connectivity index (χ4v) is 3.16. The second-order valence-electron chi connectivity index (χ2n) is 4.43. The summed E-state index contributed by atoms with van der Waals surface area (Å²) in [6.45, 7) is 3.65. The number of hydrogen-bond donors (Lipinski definition) is 2. The molecule has 0 saturated heterocycles. The largest absolute Gasteiger partial charge is 0.384 e. The van der Waals surface area contributed by atoms with Crippen LogP contribution in [0.5, 0.6) is 0 Å². The van der Waals surface area contributed by atoms with Crippen LogP contribution in [0.1, 0.15) is 23.1 Å². The molecule has 0 unspecified atom stereocenters. The molecule has 2 rings (SSSR count). The maximum absolute atomic E-state index is 12.2. The van der Waals surface area contributed by atoms with Crippen LogP contribution in [0.15, 0.2) is 9.42 Å². The Kier molecular flexibility index (Phi) is 4.70. The number of nitrogens with one attached hydrogen (secondary N) is 2. The van der Waals surface area contributed by atoms with E-state index in [-0.39, 0.29) is 17.3 Å². The number of aryl methyl sites for hydroxylation is 2. The number of methoxy groups -OCH3 is 1. The van der Waals surface area contributed by atoms with Gasteiger partial charge in [0.15, 0.2) is 5.82 Å². The quantitative estimate of drug-likeness (QED) is 0.741. The average molecular weight is 315 g/mol. The molecule has 0 amide bonds. The summed E-state index contributed by atoms with van der Waals surface area (Å²) in [6.07, 6.45) is 0.507.